The van der Waals surface area contributed by atoms with Gasteiger partial charge in [-0.2, -0.15) is 5.10 Å². The number of rotatable bonds is 4. The van der Waals surface area contributed by atoms with Gasteiger partial charge in [-0.15, -0.1) is 11.3 Å². The van der Waals surface area contributed by atoms with Gasteiger partial charge in [-0.05, 0) is 13.8 Å². The van der Waals surface area contributed by atoms with E-state index >= 15 is 0 Å². The highest BCUT2D eigenvalue weighted by Crippen LogP contribution is 2.25. The smallest absolute Gasteiger partial charge is 0.0982 e. The van der Waals surface area contributed by atoms with Gasteiger partial charge in [0.15, 0.2) is 0 Å². The van der Waals surface area contributed by atoms with Crippen molar-refractivity contribution in [2.75, 3.05) is 0 Å². The number of thiazole rings is 1. The van der Waals surface area contributed by atoms with Crippen LogP contribution in [0.1, 0.15) is 48.4 Å². The molecule has 4 nitrogen and oxygen atoms in total. The Bertz CT molecular complexity index is 590. The first-order valence-corrected chi connectivity index (χ1v) is 7.81. The van der Waals surface area contributed by atoms with Crippen molar-refractivity contribution < 1.29 is 0 Å². The molecule has 5 heteroatoms. The van der Waals surface area contributed by atoms with Gasteiger partial charge < -0.3 is 5.32 Å². The number of aryl methyl sites for hydroxylation is 2. The molecule has 1 N–H and O–H groups in total. The summed E-state index contributed by atoms with van der Waals surface area (Å²) in [5.74, 6) is 0. The van der Waals surface area contributed by atoms with Crippen LogP contribution in [-0.4, -0.2) is 14.8 Å². The molecular formula is C15H24N4S. The van der Waals surface area contributed by atoms with Crippen LogP contribution in [0.3, 0.4) is 0 Å². The minimum absolute atomic E-state index is 0.138. The van der Waals surface area contributed by atoms with E-state index in [4.69, 9.17) is 4.98 Å². The molecule has 0 spiro atoms. The lowest BCUT2D eigenvalue weighted by Crippen LogP contribution is -2.15. The summed E-state index contributed by atoms with van der Waals surface area (Å²) >= 11 is 1.75. The van der Waals surface area contributed by atoms with Gasteiger partial charge in [0.05, 0.1) is 16.4 Å². The van der Waals surface area contributed by atoms with E-state index in [1.165, 1.54) is 16.3 Å². The Balaban J connectivity index is 1.95. The summed E-state index contributed by atoms with van der Waals surface area (Å²) < 4.78 is 1.94. The van der Waals surface area contributed by atoms with Crippen molar-refractivity contribution >= 4 is 11.3 Å². The van der Waals surface area contributed by atoms with Crippen molar-refractivity contribution in [1.82, 2.24) is 20.1 Å². The third-order valence-electron chi connectivity index (χ3n) is 3.46. The van der Waals surface area contributed by atoms with E-state index in [1.807, 2.05) is 11.7 Å². The Morgan fingerprint density at radius 1 is 1.25 bits per heavy atom. The van der Waals surface area contributed by atoms with Crippen molar-refractivity contribution in [3.63, 3.8) is 0 Å². The SMILES string of the molecule is Cc1nn(C)c(C)c1CNCc1csc(C(C)(C)C)n1. The van der Waals surface area contributed by atoms with E-state index in [0.717, 1.165) is 24.5 Å². The Hall–Kier alpha value is -1.20. The van der Waals surface area contributed by atoms with Crippen LogP contribution in [-0.2, 0) is 25.6 Å². The Morgan fingerprint density at radius 2 is 1.95 bits per heavy atom. The highest BCUT2D eigenvalue weighted by molar-refractivity contribution is 7.09. The molecule has 0 bridgehead atoms. The monoisotopic (exact) mass is 292 g/mol. The molecule has 0 radical (unpaired) electrons. The first-order chi connectivity index (χ1) is 9.29. The maximum absolute atomic E-state index is 4.70. The summed E-state index contributed by atoms with van der Waals surface area (Å²) in [7, 11) is 1.99. The molecular weight excluding hydrogens is 268 g/mol. The summed E-state index contributed by atoms with van der Waals surface area (Å²) in [6.45, 7) is 12.4. The Morgan fingerprint density at radius 3 is 2.45 bits per heavy atom. The van der Waals surface area contributed by atoms with E-state index < -0.39 is 0 Å². The van der Waals surface area contributed by atoms with Crippen LogP contribution in [0.5, 0.6) is 0 Å². The van der Waals surface area contributed by atoms with Gasteiger partial charge in [0.1, 0.15) is 0 Å². The normalized spacial score (nSPS) is 12.1. The molecule has 20 heavy (non-hydrogen) atoms. The van der Waals surface area contributed by atoms with Crippen molar-refractivity contribution in [2.45, 2.75) is 53.1 Å². The molecule has 0 aliphatic heterocycles. The maximum Gasteiger partial charge on any atom is 0.0982 e. The summed E-state index contributed by atoms with van der Waals surface area (Å²) in [6, 6.07) is 0. The van der Waals surface area contributed by atoms with Gasteiger partial charge in [0.25, 0.3) is 0 Å². The first kappa shape index (κ1) is 15.2. The highest BCUT2D eigenvalue weighted by Gasteiger charge is 2.17. The number of hydrogen-bond donors (Lipinski definition) is 1. The minimum atomic E-state index is 0.138. The molecule has 2 heterocycles. The van der Waals surface area contributed by atoms with Crippen LogP contribution in [0.4, 0.5) is 0 Å². The molecule has 0 atom stereocenters. The number of hydrogen-bond acceptors (Lipinski definition) is 4. The lowest BCUT2D eigenvalue weighted by atomic mass is 9.98. The summed E-state index contributed by atoms with van der Waals surface area (Å²) in [6.07, 6.45) is 0. The van der Waals surface area contributed by atoms with Gasteiger partial charge in [-0.3, -0.25) is 4.68 Å². The van der Waals surface area contributed by atoms with Crippen LogP contribution < -0.4 is 5.32 Å². The Kier molecular flexibility index (Phi) is 4.30. The maximum atomic E-state index is 4.70. The molecule has 0 fully saturated rings. The average molecular weight is 292 g/mol. The van der Waals surface area contributed by atoms with Gasteiger partial charge >= 0.3 is 0 Å². The molecule has 0 unspecified atom stereocenters. The first-order valence-electron chi connectivity index (χ1n) is 6.93. The minimum Gasteiger partial charge on any atom is -0.307 e. The second-order valence-corrected chi connectivity index (χ2v) is 7.13. The van der Waals surface area contributed by atoms with Crippen LogP contribution >= 0.6 is 11.3 Å². The third-order valence-corrected chi connectivity index (χ3v) is 4.78. The molecule has 0 aromatic carbocycles. The molecule has 110 valence electrons. The molecule has 2 aromatic rings. The standard InChI is InChI=1S/C15H24N4S/c1-10-13(11(2)19(6)18-10)8-16-7-12-9-20-14(17-12)15(3,4)5/h9,16H,7-8H2,1-6H3. The molecule has 0 amide bonds. The molecule has 2 aromatic heterocycles. The van der Waals surface area contributed by atoms with Gasteiger partial charge in [-0.25, -0.2) is 4.98 Å². The van der Waals surface area contributed by atoms with Crippen molar-refractivity contribution in [3.05, 3.63) is 33.0 Å². The number of nitrogens with one attached hydrogen (secondary N) is 1. The van der Waals surface area contributed by atoms with Crippen LogP contribution in [0.25, 0.3) is 0 Å². The van der Waals surface area contributed by atoms with Crippen LogP contribution in [0.2, 0.25) is 0 Å². The lowest BCUT2D eigenvalue weighted by molar-refractivity contribution is 0.579. The quantitative estimate of drug-likeness (QED) is 0.941. The van der Waals surface area contributed by atoms with Crippen molar-refractivity contribution in [3.8, 4) is 0 Å². The largest absolute Gasteiger partial charge is 0.307 e. The van der Waals surface area contributed by atoms with Gasteiger partial charge in [-0.1, -0.05) is 20.8 Å². The fourth-order valence-corrected chi connectivity index (χ4v) is 3.03. The molecule has 2 rings (SSSR count). The topological polar surface area (TPSA) is 42.7 Å². The molecule has 0 aliphatic carbocycles. The van der Waals surface area contributed by atoms with Crippen molar-refractivity contribution in [1.29, 1.82) is 0 Å². The van der Waals surface area contributed by atoms with E-state index in [9.17, 15) is 0 Å². The van der Waals surface area contributed by atoms with Gasteiger partial charge in [0.2, 0.25) is 0 Å². The predicted octanol–water partition coefficient (Wildman–Crippen LogP) is 3.08. The predicted molar refractivity (Wildman–Crippen MR) is 84.0 cm³/mol. The molecule has 0 saturated heterocycles. The van der Waals surface area contributed by atoms with E-state index in [-0.39, 0.29) is 5.41 Å². The van der Waals surface area contributed by atoms with Crippen molar-refractivity contribution in [2.24, 2.45) is 7.05 Å². The zero-order chi connectivity index (χ0) is 14.9. The zero-order valence-electron chi connectivity index (χ0n) is 13.2. The van der Waals surface area contributed by atoms with Crippen LogP contribution in [0.15, 0.2) is 5.38 Å². The van der Waals surface area contributed by atoms with E-state index in [2.05, 4.69) is 50.4 Å². The zero-order valence-corrected chi connectivity index (χ0v) is 14.1. The second kappa shape index (κ2) is 5.66. The van der Waals surface area contributed by atoms with E-state index in [1.54, 1.807) is 11.3 Å². The fourth-order valence-electron chi connectivity index (χ4n) is 2.12. The molecule has 0 saturated carbocycles. The fraction of sp³-hybridized carbons (Fsp3) is 0.600. The number of nitrogens with zero attached hydrogens (tertiary/aromatic N) is 3. The summed E-state index contributed by atoms with van der Waals surface area (Å²) in [5.41, 5.74) is 4.88. The average Bonchev–Trinajstić information content (AvgIpc) is 2.89. The Labute approximate surface area is 125 Å². The number of aromatic nitrogens is 3. The van der Waals surface area contributed by atoms with Gasteiger partial charge in [0, 0.05) is 42.2 Å². The van der Waals surface area contributed by atoms with Crippen LogP contribution in [0, 0.1) is 13.8 Å². The van der Waals surface area contributed by atoms with E-state index in [0.29, 0.717) is 0 Å². The summed E-state index contributed by atoms with van der Waals surface area (Å²) in [5, 5.41) is 11.3. The lowest BCUT2D eigenvalue weighted by Gasteiger charge is -2.13. The second-order valence-electron chi connectivity index (χ2n) is 6.27. The molecule has 0 aliphatic rings. The highest BCUT2D eigenvalue weighted by atomic mass is 32.1. The summed E-state index contributed by atoms with van der Waals surface area (Å²) in [4.78, 5) is 4.70. The third kappa shape index (κ3) is 3.27.